The van der Waals surface area contributed by atoms with Gasteiger partial charge in [0.25, 0.3) is 5.56 Å². The van der Waals surface area contributed by atoms with Crippen molar-refractivity contribution in [1.82, 2.24) is 4.57 Å². The summed E-state index contributed by atoms with van der Waals surface area (Å²) in [6, 6.07) is 18.0. The topological polar surface area (TPSA) is 31.2 Å². The number of hydrogen-bond acceptors (Lipinski definition) is 2. The second-order valence-electron chi connectivity index (χ2n) is 6.07. The molecule has 0 aliphatic heterocycles. The minimum Gasteiger partial charge on any atom is -0.493 e. The Bertz CT molecular complexity index is 867. The molecule has 2 aromatic carbocycles. The lowest BCUT2D eigenvalue weighted by molar-refractivity contribution is 0.305. The molecule has 0 amide bonds. The molecule has 3 aromatic rings. The molecule has 0 atom stereocenters. The first-order valence-corrected chi connectivity index (χ1v) is 8.57. The van der Waals surface area contributed by atoms with Crippen LogP contribution in [0.25, 0.3) is 10.8 Å². The third-order valence-electron chi connectivity index (χ3n) is 4.15. The highest BCUT2D eigenvalue weighted by Gasteiger charge is 2.02. The third-order valence-corrected chi connectivity index (χ3v) is 4.15. The monoisotopic (exact) mass is 321 g/mol. The van der Waals surface area contributed by atoms with E-state index in [1.165, 1.54) is 10.8 Å². The highest BCUT2D eigenvalue weighted by Crippen LogP contribution is 2.16. The predicted octanol–water partition coefficient (Wildman–Crippen LogP) is 4.62. The molecule has 0 fully saturated rings. The fraction of sp³-hybridized carbons (Fsp3) is 0.286. The van der Waals surface area contributed by atoms with Crippen molar-refractivity contribution < 1.29 is 4.74 Å². The van der Waals surface area contributed by atoms with E-state index >= 15 is 0 Å². The Kier molecular flexibility index (Phi) is 5.32. The normalized spacial score (nSPS) is 10.9. The number of aromatic nitrogens is 1. The highest BCUT2D eigenvalue weighted by atomic mass is 16.5. The van der Waals surface area contributed by atoms with E-state index in [4.69, 9.17) is 4.74 Å². The minimum atomic E-state index is -0.0313. The van der Waals surface area contributed by atoms with Crippen molar-refractivity contribution in [3.8, 4) is 5.75 Å². The zero-order valence-electron chi connectivity index (χ0n) is 14.1. The molecule has 1 heterocycles. The lowest BCUT2D eigenvalue weighted by Gasteiger charge is -2.09. The van der Waals surface area contributed by atoms with Gasteiger partial charge in [-0.1, -0.05) is 56.2 Å². The first kappa shape index (κ1) is 16.3. The van der Waals surface area contributed by atoms with Gasteiger partial charge in [0.2, 0.25) is 0 Å². The van der Waals surface area contributed by atoms with E-state index < -0.39 is 0 Å². The van der Waals surface area contributed by atoms with Crippen LogP contribution in [0, 0.1) is 0 Å². The maximum absolute atomic E-state index is 12.3. The van der Waals surface area contributed by atoms with E-state index in [-0.39, 0.29) is 5.56 Å². The SMILES string of the molecule is CCCCCOc1ccn(Cc2ccc3ccccc3c2)c(=O)c1. The minimum absolute atomic E-state index is 0.0313. The van der Waals surface area contributed by atoms with E-state index in [2.05, 4.69) is 37.3 Å². The summed E-state index contributed by atoms with van der Waals surface area (Å²) in [4.78, 5) is 12.3. The van der Waals surface area contributed by atoms with Gasteiger partial charge in [0.05, 0.1) is 13.2 Å². The van der Waals surface area contributed by atoms with Crippen molar-refractivity contribution in [2.45, 2.75) is 32.7 Å². The van der Waals surface area contributed by atoms with Crippen molar-refractivity contribution in [3.63, 3.8) is 0 Å². The van der Waals surface area contributed by atoms with Crippen LogP contribution in [0.5, 0.6) is 5.75 Å². The predicted molar refractivity (Wildman–Crippen MR) is 98.8 cm³/mol. The zero-order valence-corrected chi connectivity index (χ0v) is 14.1. The van der Waals surface area contributed by atoms with Crippen molar-refractivity contribution in [1.29, 1.82) is 0 Å². The highest BCUT2D eigenvalue weighted by molar-refractivity contribution is 5.82. The smallest absolute Gasteiger partial charge is 0.254 e. The molecule has 0 spiro atoms. The fourth-order valence-electron chi connectivity index (χ4n) is 2.79. The molecule has 0 N–H and O–H groups in total. The summed E-state index contributed by atoms with van der Waals surface area (Å²) in [5.41, 5.74) is 1.09. The summed E-state index contributed by atoms with van der Waals surface area (Å²) in [5.74, 6) is 0.658. The second-order valence-corrected chi connectivity index (χ2v) is 6.07. The van der Waals surface area contributed by atoms with E-state index in [1.807, 2.05) is 24.4 Å². The van der Waals surface area contributed by atoms with Crippen molar-refractivity contribution in [2.24, 2.45) is 0 Å². The summed E-state index contributed by atoms with van der Waals surface area (Å²) < 4.78 is 7.35. The summed E-state index contributed by atoms with van der Waals surface area (Å²) >= 11 is 0. The number of nitrogens with zero attached hydrogens (tertiary/aromatic N) is 1. The summed E-state index contributed by atoms with van der Waals surface area (Å²) in [6.07, 6.45) is 5.15. The number of fused-ring (bicyclic) bond motifs is 1. The van der Waals surface area contributed by atoms with Gasteiger partial charge in [0.15, 0.2) is 0 Å². The van der Waals surface area contributed by atoms with Gasteiger partial charge in [-0.3, -0.25) is 4.79 Å². The zero-order chi connectivity index (χ0) is 16.8. The lowest BCUT2D eigenvalue weighted by Crippen LogP contribution is -2.19. The number of benzene rings is 2. The molecular formula is C21H23NO2. The Morgan fingerprint density at radius 3 is 2.58 bits per heavy atom. The van der Waals surface area contributed by atoms with Crippen molar-refractivity contribution in [2.75, 3.05) is 6.61 Å². The molecule has 3 rings (SSSR count). The second kappa shape index (κ2) is 7.82. The number of unbranched alkanes of at least 4 members (excludes halogenated alkanes) is 2. The van der Waals surface area contributed by atoms with Gasteiger partial charge in [-0.05, 0) is 34.9 Å². The van der Waals surface area contributed by atoms with Gasteiger partial charge in [-0.25, -0.2) is 0 Å². The van der Waals surface area contributed by atoms with Crippen LogP contribution in [-0.4, -0.2) is 11.2 Å². The van der Waals surface area contributed by atoms with Gasteiger partial charge in [-0.2, -0.15) is 0 Å². The van der Waals surface area contributed by atoms with Gasteiger partial charge >= 0.3 is 0 Å². The Balaban J connectivity index is 1.71. The Morgan fingerprint density at radius 2 is 1.79 bits per heavy atom. The first-order chi connectivity index (χ1) is 11.8. The Hall–Kier alpha value is -2.55. The molecule has 0 bridgehead atoms. The number of pyridine rings is 1. The summed E-state index contributed by atoms with van der Waals surface area (Å²) in [6.45, 7) is 3.40. The van der Waals surface area contributed by atoms with Gasteiger partial charge < -0.3 is 9.30 Å². The van der Waals surface area contributed by atoms with Crippen molar-refractivity contribution in [3.05, 3.63) is 76.7 Å². The third kappa shape index (κ3) is 4.05. The standard InChI is InChI=1S/C21H23NO2/c1-2-3-6-13-24-20-11-12-22(21(23)15-20)16-17-9-10-18-7-4-5-8-19(18)14-17/h4-5,7-12,14-15H,2-3,6,13,16H2,1H3. The van der Waals surface area contributed by atoms with E-state index in [1.54, 1.807) is 10.6 Å². The average molecular weight is 321 g/mol. The quantitative estimate of drug-likeness (QED) is 0.595. The number of rotatable bonds is 7. The Morgan fingerprint density at radius 1 is 0.958 bits per heavy atom. The molecule has 0 saturated carbocycles. The number of ether oxygens (including phenoxy) is 1. The first-order valence-electron chi connectivity index (χ1n) is 8.57. The summed E-state index contributed by atoms with van der Waals surface area (Å²) in [5, 5.41) is 2.41. The number of hydrogen-bond donors (Lipinski definition) is 0. The van der Waals surface area contributed by atoms with Gasteiger partial charge in [0.1, 0.15) is 5.75 Å². The van der Waals surface area contributed by atoms with Crippen LogP contribution < -0.4 is 10.3 Å². The molecule has 0 unspecified atom stereocenters. The molecular weight excluding hydrogens is 298 g/mol. The largest absolute Gasteiger partial charge is 0.493 e. The molecule has 0 aliphatic rings. The lowest BCUT2D eigenvalue weighted by atomic mass is 10.1. The molecule has 3 heteroatoms. The van der Waals surface area contributed by atoms with Crippen LogP contribution in [0.3, 0.4) is 0 Å². The molecule has 0 aliphatic carbocycles. The van der Waals surface area contributed by atoms with Crippen molar-refractivity contribution >= 4 is 10.8 Å². The van der Waals surface area contributed by atoms with Gasteiger partial charge in [-0.15, -0.1) is 0 Å². The molecule has 0 radical (unpaired) electrons. The fourth-order valence-corrected chi connectivity index (χ4v) is 2.79. The van der Waals surface area contributed by atoms with Crippen LogP contribution in [0.1, 0.15) is 31.7 Å². The van der Waals surface area contributed by atoms with Crippen LogP contribution in [0.15, 0.2) is 65.6 Å². The molecule has 124 valence electrons. The maximum atomic E-state index is 12.3. The molecule has 0 saturated heterocycles. The summed E-state index contributed by atoms with van der Waals surface area (Å²) in [7, 11) is 0. The van der Waals surface area contributed by atoms with Crippen LogP contribution in [0.2, 0.25) is 0 Å². The van der Waals surface area contributed by atoms with Crippen LogP contribution in [-0.2, 0) is 6.54 Å². The van der Waals surface area contributed by atoms with E-state index in [9.17, 15) is 4.79 Å². The molecule has 1 aromatic heterocycles. The van der Waals surface area contributed by atoms with Crippen LogP contribution in [0.4, 0.5) is 0 Å². The van der Waals surface area contributed by atoms with E-state index in [0.29, 0.717) is 18.9 Å². The van der Waals surface area contributed by atoms with E-state index in [0.717, 1.165) is 24.8 Å². The van der Waals surface area contributed by atoms with Gasteiger partial charge in [0, 0.05) is 12.3 Å². The van der Waals surface area contributed by atoms with Crippen LogP contribution >= 0.6 is 0 Å². The molecule has 24 heavy (non-hydrogen) atoms. The average Bonchev–Trinajstić information content (AvgIpc) is 2.61. The molecule has 3 nitrogen and oxygen atoms in total. The maximum Gasteiger partial charge on any atom is 0.254 e. The Labute approximate surface area is 142 Å².